The molecule has 1 N–H and O–H groups in total. The monoisotopic (exact) mass is 246 g/mol. The van der Waals surface area contributed by atoms with E-state index in [0.717, 1.165) is 12.1 Å². The second kappa shape index (κ2) is 3.80. The third kappa shape index (κ3) is 1.52. The third-order valence-corrected chi connectivity index (χ3v) is 2.74. The molecule has 0 atom stereocenters. The predicted molar refractivity (Wildman–Crippen MR) is 62.7 cm³/mol. The molecule has 90 valence electrons. The molecule has 0 spiro atoms. The van der Waals surface area contributed by atoms with E-state index < -0.39 is 11.6 Å². The summed E-state index contributed by atoms with van der Waals surface area (Å²) >= 11 is 0. The van der Waals surface area contributed by atoms with Gasteiger partial charge in [0, 0.05) is 6.07 Å². The molecule has 0 bridgehead atoms. The summed E-state index contributed by atoms with van der Waals surface area (Å²) in [5.41, 5.74) is 1.02. The molecule has 5 heteroatoms. The van der Waals surface area contributed by atoms with Gasteiger partial charge >= 0.3 is 0 Å². The zero-order valence-corrected chi connectivity index (χ0v) is 9.14. The number of halogens is 2. The van der Waals surface area contributed by atoms with E-state index in [1.165, 1.54) is 16.9 Å². The summed E-state index contributed by atoms with van der Waals surface area (Å²) in [7, 11) is 0. The van der Waals surface area contributed by atoms with Gasteiger partial charge in [-0.05, 0) is 24.3 Å². The van der Waals surface area contributed by atoms with Crippen molar-refractivity contribution in [2.24, 2.45) is 0 Å². The zero-order chi connectivity index (χ0) is 12.7. The number of hydrogen-bond donors (Lipinski definition) is 1. The van der Waals surface area contributed by atoms with E-state index in [4.69, 9.17) is 0 Å². The van der Waals surface area contributed by atoms with Crippen LogP contribution in [0.2, 0.25) is 0 Å². The molecule has 0 unspecified atom stereocenters. The topological polar surface area (TPSA) is 38.1 Å². The van der Waals surface area contributed by atoms with Crippen molar-refractivity contribution in [3.63, 3.8) is 0 Å². The van der Waals surface area contributed by atoms with Crippen molar-refractivity contribution in [1.82, 2.24) is 9.78 Å². The first-order valence-corrected chi connectivity index (χ1v) is 5.28. The Morgan fingerprint density at radius 3 is 2.67 bits per heavy atom. The van der Waals surface area contributed by atoms with Crippen molar-refractivity contribution < 1.29 is 13.9 Å². The number of aromatic hydroxyl groups is 1. The van der Waals surface area contributed by atoms with Gasteiger partial charge in [-0.2, -0.15) is 5.10 Å². The van der Waals surface area contributed by atoms with Gasteiger partial charge in [-0.3, -0.25) is 0 Å². The SMILES string of the molecule is Oc1cccc2c1cnn2-c1ccc(F)c(F)c1. The molecule has 0 saturated heterocycles. The van der Waals surface area contributed by atoms with Gasteiger partial charge in [0.1, 0.15) is 5.75 Å². The fraction of sp³-hybridized carbons (Fsp3) is 0. The highest BCUT2D eigenvalue weighted by Crippen LogP contribution is 2.26. The molecular formula is C13H8F2N2O. The van der Waals surface area contributed by atoms with Crippen LogP contribution in [-0.2, 0) is 0 Å². The minimum atomic E-state index is -0.934. The van der Waals surface area contributed by atoms with Gasteiger partial charge in [-0.15, -0.1) is 0 Å². The number of aromatic nitrogens is 2. The van der Waals surface area contributed by atoms with Gasteiger partial charge in [-0.1, -0.05) is 6.07 Å². The Morgan fingerprint density at radius 1 is 1.06 bits per heavy atom. The van der Waals surface area contributed by atoms with Crippen molar-refractivity contribution in [2.75, 3.05) is 0 Å². The van der Waals surface area contributed by atoms with E-state index in [-0.39, 0.29) is 5.75 Å². The number of benzene rings is 2. The van der Waals surface area contributed by atoms with Crippen molar-refractivity contribution in [3.05, 3.63) is 54.2 Å². The molecule has 0 aliphatic carbocycles. The van der Waals surface area contributed by atoms with Crippen LogP contribution in [0.15, 0.2) is 42.6 Å². The van der Waals surface area contributed by atoms with Crippen LogP contribution in [0.4, 0.5) is 8.78 Å². The molecule has 1 heterocycles. The lowest BCUT2D eigenvalue weighted by Gasteiger charge is -2.04. The van der Waals surface area contributed by atoms with Crippen molar-refractivity contribution >= 4 is 10.9 Å². The van der Waals surface area contributed by atoms with Crippen LogP contribution in [0.3, 0.4) is 0 Å². The first-order chi connectivity index (χ1) is 8.66. The van der Waals surface area contributed by atoms with E-state index in [1.807, 2.05) is 0 Å². The lowest BCUT2D eigenvalue weighted by atomic mass is 10.2. The second-order valence-electron chi connectivity index (χ2n) is 3.86. The smallest absolute Gasteiger partial charge is 0.160 e. The van der Waals surface area contributed by atoms with Crippen LogP contribution < -0.4 is 0 Å². The Morgan fingerprint density at radius 2 is 1.89 bits per heavy atom. The molecule has 18 heavy (non-hydrogen) atoms. The average Bonchev–Trinajstić information content (AvgIpc) is 2.78. The van der Waals surface area contributed by atoms with Crippen molar-refractivity contribution in [3.8, 4) is 11.4 Å². The molecule has 1 aromatic heterocycles. The van der Waals surface area contributed by atoms with Gasteiger partial charge in [0.15, 0.2) is 11.6 Å². The highest BCUT2D eigenvalue weighted by molar-refractivity contribution is 5.85. The van der Waals surface area contributed by atoms with E-state index in [2.05, 4.69) is 5.10 Å². The molecular weight excluding hydrogens is 238 g/mol. The fourth-order valence-electron chi connectivity index (χ4n) is 1.86. The maximum atomic E-state index is 13.2. The minimum Gasteiger partial charge on any atom is -0.507 e. The molecule has 0 fully saturated rings. The van der Waals surface area contributed by atoms with Crippen LogP contribution >= 0.6 is 0 Å². The van der Waals surface area contributed by atoms with Crippen LogP contribution in [-0.4, -0.2) is 14.9 Å². The number of nitrogens with zero attached hydrogens (tertiary/aromatic N) is 2. The van der Waals surface area contributed by atoms with E-state index in [9.17, 15) is 13.9 Å². The largest absolute Gasteiger partial charge is 0.507 e. The number of phenols is 1. The lowest BCUT2D eigenvalue weighted by Crippen LogP contribution is -1.97. The summed E-state index contributed by atoms with van der Waals surface area (Å²) in [6, 6.07) is 8.47. The Kier molecular flexibility index (Phi) is 2.26. The molecule has 0 saturated carbocycles. The van der Waals surface area contributed by atoms with Gasteiger partial charge in [0.05, 0.1) is 22.8 Å². The van der Waals surface area contributed by atoms with Crippen LogP contribution in [0.1, 0.15) is 0 Å². The maximum Gasteiger partial charge on any atom is 0.160 e. The van der Waals surface area contributed by atoms with Gasteiger partial charge in [-0.25, -0.2) is 13.5 Å². The number of fused-ring (bicyclic) bond motifs is 1. The normalized spacial score (nSPS) is 11.0. The summed E-state index contributed by atoms with van der Waals surface area (Å²) < 4.78 is 27.5. The summed E-state index contributed by atoms with van der Waals surface area (Å²) in [5.74, 6) is -1.74. The molecule has 3 nitrogen and oxygen atoms in total. The maximum absolute atomic E-state index is 13.2. The van der Waals surface area contributed by atoms with Crippen molar-refractivity contribution in [2.45, 2.75) is 0 Å². The van der Waals surface area contributed by atoms with Crippen LogP contribution in [0.5, 0.6) is 5.75 Å². The number of phenolic OH excluding ortho intramolecular Hbond substituents is 1. The zero-order valence-electron chi connectivity index (χ0n) is 9.14. The third-order valence-electron chi connectivity index (χ3n) is 2.74. The summed E-state index contributed by atoms with van der Waals surface area (Å²) in [6.45, 7) is 0. The molecule has 0 aliphatic heterocycles. The highest BCUT2D eigenvalue weighted by atomic mass is 19.2. The van der Waals surface area contributed by atoms with Crippen LogP contribution in [0, 0.1) is 11.6 Å². The molecule has 0 aliphatic rings. The molecule has 3 rings (SSSR count). The fourth-order valence-corrected chi connectivity index (χ4v) is 1.86. The number of rotatable bonds is 1. The Labute approximate surface area is 101 Å². The van der Waals surface area contributed by atoms with E-state index in [0.29, 0.717) is 16.6 Å². The molecule has 2 aromatic carbocycles. The summed E-state index contributed by atoms with van der Waals surface area (Å²) in [4.78, 5) is 0. The predicted octanol–water partition coefficient (Wildman–Crippen LogP) is 3.01. The molecule has 0 radical (unpaired) electrons. The second-order valence-corrected chi connectivity index (χ2v) is 3.86. The van der Waals surface area contributed by atoms with E-state index >= 15 is 0 Å². The van der Waals surface area contributed by atoms with Gasteiger partial charge in [0.25, 0.3) is 0 Å². The first kappa shape index (κ1) is 10.7. The van der Waals surface area contributed by atoms with Crippen molar-refractivity contribution in [1.29, 1.82) is 0 Å². The quantitative estimate of drug-likeness (QED) is 0.716. The van der Waals surface area contributed by atoms with E-state index in [1.54, 1.807) is 18.2 Å². The summed E-state index contributed by atoms with van der Waals surface area (Å²) in [6.07, 6.45) is 1.48. The average molecular weight is 246 g/mol. The molecule has 3 aromatic rings. The minimum absolute atomic E-state index is 0.0985. The number of hydrogen-bond acceptors (Lipinski definition) is 2. The van der Waals surface area contributed by atoms with Gasteiger partial charge < -0.3 is 5.11 Å². The van der Waals surface area contributed by atoms with Gasteiger partial charge in [0.2, 0.25) is 0 Å². The Bertz CT molecular complexity index is 737. The van der Waals surface area contributed by atoms with Crippen LogP contribution in [0.25, 0.3) is 16.6 Å². The summed E-state index contributed by atoms with van der Waals surface area (Å²) in [5, 5.41) is 14.3. The standard InChI is InChI=1S/C13H8F2N2O/c14-10-5-4-8(6-11(10)15)17-12-2-1-3-13(18)9(12)7-16-17/h1-7,18H. The Balaban J connectivity index is 2.25. The Hall–Kier alpha value is -2.43. The highest BCUT2D eigenvalue weighted by Gasteiger charge is 2.09. The molecule has 0 amide bonds. The first-order valence-electron chi connectivity index (χ1n) is 5.28. The lowest BCUT2D eigenvalue weighted by molar-refractivity contribution is 0.481.